The molecule has 1 amide bonds. The first-order chi connectivity index (χ1) is 12.0. The second-order valence-electron chi connectivity index (χ2n) is 5.42. The van der Waals surface area contributed by atoms with Gasteiger partial charge in [0.15, 0.2) is 0 Å². The van der Waals surface area contributed by atoms with Crippen LogP contribution in [-0.4, -0.2) is 27.4 Å². The molecule has 126 valence electrons. The van der Waals surface area contributed by atoms with Crippen LogP contribution in [0.5, 0.6) is 0 Å². The van der Waals surface area contributed by atoms with Crippen molar-refractivity contribution in [3.05, 3.63) is 80.4 Å². The lowest BCUT2D eigenvalue weighted by molar-refractivity contribution is -0.384. The summed E-state index contributed by atoms with van der Waals surface area (Å²) in [6.45, 7) is 0.204. The molecule has 0 aliphatic heterocycles. The third-order valence-electron chi connectivity index (χ3n) is 3.79. The van der Waals surface area contributed by atoms with Crippen LogP contribution in [0.25, 0.3) is 10.9 Å². The Labute approximate surface area is 141 Å². The predicted molar refractivity (Wildman–Crippen MR) is 91.6 cm³/mol. The van der Waals surface area contributed by atoms with Gasteiger partial charge in [-0.25, -0.2) is 4.98 Å². The van der Waals surface area contributed by atoms with Gasteiger partial charge in [0.1, 0.15) is 0 Å². The van der Waals surface area contributed by atoms with Gasteiger partial charge >= 0.3 is 0 Å². The lowest BCUT2D eigenvalue weighted by Crippen LogP contribution is -2.22. The zero-order valence-corrected chi connectivity index (χ0v) is 13.3. The van der Waals surface area contributed by atoms with Gasteiger partial charge in [0, 0.05) is 24.7 Å². The molecule has 0 bridgehead atoms. The number of nitro benzene ring substituents is 1. The topological polar surface area (TPSA) is 107 Å². The third kappa shape index (κ3) is 3.23. The van der Waals surface area contributed by atoms with Crippen LogP contribution < -0.4 is 10.9 Å². The normalized spacial score (nSPS) is 10.6. The van der Waals surface area contributed by atoms with E-state index in [4.69, 9.17) is 0 Å². The molecular formula is C17H14N4O4. The molecule has 0 unspecified atom stereocenters. The first kappa shape index (κ1) is 16.3. The fraction of sp³-hybridized carbons (Fsp3) is 0.118. The summed E-state index contributed by atoms with van der Waals surface area (Å²) in [5, 5.41) is 13.6. The first-order valence-corrected chi connectivity index (χ1v) is 7.44. The van der Waals surface area contributed by atoms with Gasteiger partial charge in [-0.05, 0) is 23.8 Å². The minimum atomic E-state index is -0.553. The SMILES string of the molecule is CNC(=O)c1cccc(Cn2cnc3ccc([N+](=O)[O-])cc3c2=O)c1. The zero-order chi connectivity index (χ0) is 18.0. The molecule has 3 aromatic rings. The number of fused-ring (bicyclic) bond motifs is 1. The number of nitro groups is 1. The molecule has 3 rings (SSSR count). The number of nitrogens with zero attached hydrogens (tertiary/aromatic N) is 3. The van der Waals surface area contributed by atoms with Crippen LogP contribution in [0.15, 0.2) is 53.6 Å². The molecule has 8 nitrogen and oxygen atoms in total. The van der Waals surface area contributed by atoms with Gasteiger partial charge in [0.2, 0.25) is 0 Å². The van der Waals surface area contributed by atoms with E-state index in [2.05, 4.69) is 10.3 Å². The van der Waals surface area contributed by atoms with E-state index >= 15 is 0 Å². The molecule has 2 aromatic carbocycles. The third-order valence-corrected chi connectivity index (χ3v) is 3.79. The molecule has 0 aliphatic carbocycles. The zero-order valence-electron chi connectivity index (χ0n) is 13.3. The summed E-state index contributed by atoms with van der Waals surface area (Å²) in [7, 11) is 1.54. The maximum Gasteiger partial charge on any atom is 0.270 e. The lowest BCUT2D eigenvalue weighted by Gasteiger charge is -2.08. The van der Waals surface area contributed by atoms with Crippen molar-refractivity contribution in [2.24, 2.45) is 0 Å². The van der Waals surface area contributed by atoms with Gasteiger partial charge in [-0.1, -0.05) is 12.1 Å². The Kier molecular flexibility index (Phi) is 4.25. The average Bonchev–Trinajstić information content (AvgIpc) is 2.63. The molecule has 1 N–H and O–H groups in total. The van der Waals surface area contributed by atoms with E-state index in [-0.39, 0.29) is 29.1 Å². The van der Waals surface area contributed by atoms with Crippen molar-refractivity contribution in [3.63, 3.8) is 0 Å². The van der Waals surface area contributed by atoms with Crippen molar-refractivity contribution in [1.82, 2.24) is 14.9 Å². The van der Waals surface area contributed by atoms with Gasteiger partial charge in [0.05, 0.1) is 28.7 Å². The molecule has 1 heterocycles. The molecule has 0 spiro atoms. The molecule has 1 aromatic heterocycles. The Morgan fingerprint density at radius 3 is 2.80 bits per heavy atom. The van der Waals surface area contributed by atoms with Crippen LogP contribution in [0, 0.1) is 10.1 Å². The van der Waals surface area contributed by atoms with Crippen molar-refractivity contribution in [1.29, 1.82) is 0 Å². The molecule has 0 atom stereocenters. The van der Waals surface area contributed by atoms with Gasteiger partial charge in [-0.2, -0.15) is 0 Å². The minimum Gasteiger partial charge on any atom is -0.355 e. The van der Waals surface area contributed by atoms with Gasteiger partial charge in [-0.3, -0.25) is 24.3 Å². The van der Waals surface area contributed by atoms with E-state index in [0.717, 1.165) is 5.56 Å². The maximum absolute atomic E-state index is 12.6. The quantitative estimate of drug-likeness (QED) is 0.575. The molecule has 0 aliphatic rings. The molecule has 0 radical (unpaired) electrons. The number of carbonyl (C=O) groups is 1. The van der Waals surface area contributed by atoms with E-state index in [1.54, 1.807) is 31.3 Å². The van der Waals surface area contributed by atoms with Crippen LogP contribution in [0.2, 0.25) is 0 Å². The number of nitrogens with one attached hydrogen (secondary N) is 1. The highest BCUT2D eigenvalue weighted by Gasteiger charge is 2.11. The Morgan fingerprint density at radius 2 is 2.08 bits per heavy atom. The van der Waals surface area contributed by atoms with E-state index < -0.39 is 4.92 Å². The number of rotatable bonds is 4. The highest BCUT2D eigenvalue weighted by molar-refractivity contribution is 5.94. The Bertz CT molecular complexity index is 1040. The van der Waals surface area contributed by atoms with Crippen LogP contribution in [-0.2, 0) is 6.54 Å². The van der Waals surface area contributed by atoms with E-state index in [1.165, 1.54) is 29.1 Å². The molecule has 8 heteroatoms. The van der Waals surface area contributed by atoms with Crippen LogP contribution in [0.4, 0.5) is 5.69 Å². The van der Waals surface area contributed by atoms with Gasteiger partial charge in [-0.15, -0.1) is 0 Å². The highest BCUT2D eigenvalue weighted by Crippen LogP contribution is 2.16. The molecule has 25 heavy (non-hydrogen) atoms. The minimum absolute atomic E-state index is 0.161. The number of carbonyl (C=O) groups excluding carboxylic acids is 1. The fourth-order valence-corrected chi connectivity index (χ4v) is 2.53. The van der Waals surface area contributed by atoms with Crippen LogP contribution >= 0.6 is 0 Å². The summed E-state index contributed by atoms with van der Waals surface area (Å²) in [4.78, 5) is 38.8. The van der Waals surface area contributed by atoms with Crippen LogP contribution in [0.1, 0.15) is 15.9 Å². The summed E-state index contributed by atoms with van der Waals surface area (Å²) >= 11 is 0. The fourth-order valence-electron chi connectivity index (χ4n) is 2.53. The largest absolute Gasteiger partial charge is 0.355 e. The second-order valence-corrected chi connectivity index (χ2v) is 5.42. The smallest absolute Gasteiger partial charge is 0.270 e. The van der Waals surface area contributed by atoms with Gasteiger partial charge in [0.25, 0.3) is 17.2 Å². The summed E-state index contributed by atoms with van der Waals surface area (Å²) < 4.78 is 1.36. The average molecular weight is 338 g/mol. The summed E-state index contributed by atoms with van der Waals surface area (Å²) in [5.41, 5.74) is 1.09. The number of hydrogen-bond acceptors (Lipinski definition) is 5. The summed E-state index contributed by atoms with van der Waals surface area (Å²) in [5.74, 6) is -0.221. The number of amides is 1. The second kappa shape index (κ2) is 6.52. The number of benzene rings is 2. The standard InChI is InChI=1S/C17H14N4O4/c1-18-16(22)12-4-2-3-11(7-12)9-20-10-19-15-6-5-13(21(24)25)8-14(15)17(20)23/h2-8,10H,9H2,1H3,(H,18,22). The van der Waals surface area contributed by atoms with Crippen molar-refractivity contribution in [3.8, 4) is 0 Å². The Hall–Kier alpha value is -3.55. The van der Waals surface area contributed by atoms with Crippen molar-refractivity contribution in [2.45, 2.75) is 6.54 Å². The van der Waals surface area contributed by atoms with Gasteiger partial charge < -0.3 is 5.32 Å². The maximum atomic E-state index is 12.6. The van der Waals surface area contributed by atoms with Crippen molar-refractivity contribution in [2.75, 3.05) is 7.05 Å². The van der Waals surface area contributed by atoms with E-state index in [9.17, 15) is 19.7 Å². The highest BCUT2D eigenvalue weighted by atomic mass is 16.6. The lowest BCUT2D eigenvalue weighted by atomic mass is 10.1. The molecular weight excluding hydrogens is 324 g/mol. The Balaban J connectivity index is 2.02. The van der Waals surface area contributed by atoms with Crippen molar-refractivity contribution >= 4 is 22.5 Å². The van der Waals surface area contributed by atoms with E-state index in [0.29, 0.717) is 11.1 Å². The van der Waals surface area contributed by atoms with Crippen LogP contribution in [0.3, 0.4) is 0 Å². The monoisotopic (exact) mass is 338 g/mol. The first-order valence-electron chi connectivity index (χ1n) is 7.44. The van der Waals surface area contributed by atoms with E-state index in [1.807, 2.05) is 0 Å². The summed E-state index contributed by atoms with van der Waals surface area (Å²) in [6.07, 6.45) is 1.39. The predicted octanol–water partition coefficient (Wildman–Crippen LogP) is 1.71. The van der Waals surface area contributed by atoms with Crippen molar-refractivity contribution < 1.29 is 9.72 Å². The number of hydrogen-bond donors (Lipinski definition) is 1. The number of aromatic nitrogens is 2. The Morgan fingerprint density at radius 1 is 1.28 bits per heavy atom. The molecule has 0 fully saturated rings. The summed E-state index contributed by atoms with van der Waals surface area (Å²) in [6, 6.07) is 10.9. The number of non-ortho nitro benzene ring substituents is 1. The molecule has 0 saturated heterocycles. The molecule has 0 saturated carbocycles.